The number of morpholine rings is 1. The summed E-state index contributed by atoms with van der Waals surface area (Å²) in [7, 11) is 0. The zero-order chi connectivity index (χ0) is 13.2. The van der Waals surface area contributed by atoms with E-state index in [2.05, 4.69) is 17.0 Å². The highest BCUT2D eigenvalue weighted by Crippen LogP contribution is 2.35. The fourth-order valence-corrected chi connectivity index (χ4v) is 3.33. The maximum atomic E-state index is 11.4. The first kappa shape index (κ1) is 12.6. The SMILES string of the molecule is O=C(O)C1CCCN2C(c3ccccc3)COCC12. The van der Waals surface area contributed by atoms with Crippen molar-refractivity contribution in [1.29, 1.82) is 0 Å². The third-order valence-electron chi connectivity index (χ3n) is 4.29. The average Bonchev–Trinajstić information content (AvgIpc) is 2.46. The Kier molecular flexibility index (Phi) is 3.53. The van der Waals surface area contributed by atoms with Gasteiger partial charge in [0, 0.05) is 6.04 Å². The minimum absolute atomic E-state index is 0.0187. The topological polar surface area (TPSA) is 49.8 Å². The molecule has 19 heavy (non-hydrogen) atoms. The van der Waals surface area contributed by atoms with E-state index in [1.54, 1.807) is 0 Å². The molecule has 0 aromatic heterocycles. The van der Waals surface area contributed by atoms with Gasteiger partial charge in [-0.05, 0) is 24.9 Å². The van der Waals surface area contributed by atoms with Crippen molar-refractivity contribution in [3.63, 3.8) is 0 Å². The van der Waals surface area contributed by atoms with Crippen LogP contribution in [-0.4, -0.2) is 41.8 Å². The van der Waals surface area contributed by atoms with Crippen LogP contribution in [0.2, 0.25) is 0 Å². The molecule has 2 saturated heterocycles. The van der Waals surface area contributed by atoms with E-state index >= 15 is 0 Å². The van der Waals surface area contributed by atoms with E-state index in [1.165, 1.54) is 5.56 Å². The minimum atomic E-state index is -0.688. The van der Waals surface area contributed by atoms with Crippen LogP contribution in [0.4, 0.5) is 0 Å². The maximum Gasteiger partial charge on any atom is 0.308 e. The number of piperidine rings is 1. The van der Waals surface area contributed by atoms with Crippen LogP contribution in [0, 0.1) is 5.92 Å². The van der Waals surface area contributed by atoms with E-state index in [0.29, 0.717) is 13.2 Å². The number of benzene rings is 1. The molecule has 2 aliphatic heterocycles. The zero-order valence-corrected chi connectivity index (χ0v) is 10.9. The smallest absolute Gasteiger partial charge is 0.308 e. The van der Waals surface area contributed by atoms with Crippen molar-refractivity contribution in [2.75, 3.05) is 19.8 Å². The summed E-state index contributed by atoms with van der Waals surface area (Å²) in [5.41, 5.74) is 1.22. The number of carboxylic acid groups (broad SMARTS) is 1. The molecule has 1 aromatic carbocycles. The Bertz CT molecular complexity index is 448. The molecule has 3 atom stereocenters. The molecule has 4 nitrogen and oxygen atoms in total. The lowest BCUT2D eigenvalue weighted by molar-refractivity contribution is -0.154. The highest BCUT2D eigenvalue weighted by Gasteiger charge is 2.42. The number of hydrogen-bond acceptors (Lipinski definition) is 3. The van der Waals surface area contributed by atoms with Crippen LogP contribution in [0.15, 0.2) is 30.3 Å². The van der Waals surface area contributed by atoms with Crippen molar-refractivity contribution in [3.05, 3.63) is 35.9 Å². The van der Waals surface area contributed by atoms with Crippen molar-refractivity contribution in [3.8, 4) is 0 Å². The van der Waals surface area contributed by atoms with Gasteiger partial charge in [-0.15, -0.1) is 0 Å². The first-order valence-corrected chi connectivity index (χ1v) is 6.88. The van der Waals surface area contributed by atoms with Crippen LogP contribution in [-0.2, 0) is 9.53 Å². The monoisotopic (exact) mass is 261 g/mol. The number of fused-ring (bicyclic) bond motifs is 1. The predicted molar refractivity (Wildman–Crippen MR) is 70.9 cm³/mol. The van der Waals surface area contributed by atoms with Crippen LogP contribution in [0.1, 0.15) is 24.4 Å². The van der Waals surface area contributed by atoms with Crippen molar-refractivity contribution in [2.45, 2.75) is 24.9 Å². The average molecular weight is 261 g/mol. The van der Waals surface area contributed by atoms with Crippen molar-refractivity contribution < 1.29 is 14.6 Å². The molecule has 1 N–H and O–H groups in total. The Morgan fingerprint density at radius 1 is 1.26 bits per heavy atom. The molecule has 0 spiro atoms. The molecule has 0 saturated carbocycles. The van der Waals surface area contributed by atoms with Crippen LogP contribution in [0.5, 0.6) is 0 Å². The van der Waals surface area contributed by atoms with Crippen LogP contribution in [0.3, 0.4) is 0 Å². The van der Waals surface area contributed by atoms with Crippen molar-refractivity contribution >= 4 is 5.97 Å². The molecule has 0 radical (unpaired) electrons. The molecule has 0 amide bonds. The molecule has 1 aromatic rings. The second-order valence-electron chi connectivity index (χ2n) is 5.36. The summed E-state index contributed by atoms with van der Waals surface area (Å²) in [5.74, 6) is -0.979. The van der Waals surface area contributed by atoms with Gasteiger partial charge in [-0.3, -0.25) is 9.69 Å². The van der Waals surface area contributed by atoms with Crippen LogP contribution < -0.4 is 0 Å². The Labute approximate surface area is 113 Å². The summed E-state index contributed by atoms with van der Waals surface area (Å²) in [6.45, 7) is 2.17. The van der Waals surface area contributed by atoms with Gasteiger partial charge in [-0.2, -0.15) is 0 Å². The molecule has 0 aliphatic carbocycles. The Morgan fingerprint density at radius 2 is 2.05 bits per heavy atom. The van der Waals surface area contributed by atoms with Gasteiger partial charge in [-0.1, -0.05) is 30.3 Å². The highest BCUT2D eigenvalue weighted by atomic mass is 16.5. The lowest BCUT2D eigenvalue weighted by Crippen LogP contribution is -2.55. The lowest BCUT2D eigenvalue weighted by Gasteiger charge is -2.47. The van der Waals surface area contributed by atoms with E-state index < -0.39 is 5.97 Å². The van der Waals surface area contributed by atoms with E-state index in [1.807, 2.05) is 18.2 Å². The second-order valence-corrected chi connectivity index (χ2v) is 5.36. The number of carboxylic acids is 1. The molecule has 4 heteroatoms. The molecule has 102 valence electrons. The molecular weight excluding hydrogens is 242 g/mol. The van der Waals surface area contributed by atoms with Crippen LogP contribution >= 0.6 is 0 Å². The molecule has 3 unspecified atom stereocenters. The summed E-state index contributed by atoms with van der Waals surface area (Å²) in [5, 5.41) is 9.35. The normalized spacial score (nSPS) is 31.7. The molecular formula is C15H19NO3. The van der Waals surface area contributed by atoms with E-state index in [0.717, 1.165) is 19.4 Å². The van der Waals surface area contributed by atoms with Crippen LogP contribution in [0.25, 0.3) is 0 Å². The molecule has 2 heterocycles. The van der Waals surface area contributed by atoms with Gasteiger partial charge in [0.15, 0.2) is 0 Å². The standard InChI is InChI=1S/C15H19NO3/c17-15(18)12-7-4-8-16-13(9-19-10-14(12)16)11-5-2-1-3-6-11/h1-3,5-6,12-14H,4,7-10H2,(H,17,18). The van der Waals surface area contributed by atoms with Gasteiger partial charge < -0.3 is 9.84 Å². The fourth-order valence-electron chi connectivity index (χ4n) is 3.33. The van der Waals surface area contributed by atoms with Gasteiger partial charge >= 0.3 is 5.97 Å². The third-order valence-corrected chi connectivity index (χ3v) is 4.29. The van der Waals surface area contributed by atoms with E-state index in [-0.39, 0.29) is 18.0 Å². The minimum Gasteiger partial charge on any atom is -0.481 e. The third kappa shape index (κ3) is 2.38. The first-order valence-electron chi connectivity index (χ1n) is 6.88. The zero-order valence-electron chi connectivity index (χ0n) is 10.9. The van der Waals surface area contributed by atoms with Crippen molar-refractivity contribution in [1.82, 2.24) is 4.90 Å². The van der Waals surface area contributed by atoms with Gasteiger partial charge in [0.05, 0.1) is 25.2 Å². The number of hydrogen-bond donors (Lipinski definition) is 1. The predicted octanol–water partition coefficient (Wildman–Crippen LogP) is 1.92. The number of nitrogens with zero attached hydrogens (tertiary/aromatic N) is 1. The number of rotatable bonds is 2. The Morgan fingerprint density at radius 3 is 2.79 bits per heavy atom. The number of ether oxygens (including phenoxy) is 1. The molecule has 2 fully saturated rings. The van der Waals surface area contributed by atoms with Gasteiger partial charge in [0.2, 0.25) is 0 Å². The fraction of sp³-hybridized carbons (Fsp3) is 0.533. The number of carbonyl (C=O) groups is 1. The quantitative estimate of drug-likeness (QED) is 0.883. The highest BCUT2D eigenvalue weighted by molar-refractivity contribution is 5.71. The lowest BCUT2D eigenvalue weighted by atomic mass is 9.86. The summed E-state index contributed by atoms with van der Waals surface area (Å²) in [6.07, 6.45) is 1.72. The Hall–Kier alpha value is -1.39. The first-order chi connectivity index (χ1) is 9.27. The van der Waals surface area contributed by atoms with Gasteiger partial charge in [-0.25, -0.2) is 0 Å². The summed E-state index contributed by atoms with van der Waals surface area (Å²) in [4.78, 5) is 13.7. The molecule has 3 rings (SSSR count). The van der Waals surface area contributed by atoms with Crippen molar-refractivity contribution in [2.24, 2.45) is 5.92 Å². The van der Waals surface area contributed by atoms with Gasteiger partial charge in [0.1, 0.15) is 0 Å². The summed E-state index contributed by atoms with van der Waals surface area (Å²) >= 11 is 0. The number of aliphatic carboxylic acids is 1. The second kappa shape index (κ2) is 5.31. The maximum absolute atomic E-state index is 11.4. The summed E-state index contributed by atoms with van der Waals surface area (Å²) in [6, 6.07) is 10.5. The molecule has 2 aliphatic rings. The Balaban J connectivity index is 1.86. The van der Waals surface area contributed by atoms with Gasteiger partial charge in [0.25, 0.3) is 0 Å². The van der Waals surface area contributed by atoms with E-state index in [4.69, 9.17) is 4.74 Å². The van der Waals surface area contributed by atoms with E-state index in [9.17, 15) is 9.90 Å². The summed E-state index contributed by atoms with van der Waals surface area (Å²) < 4.78 is 5.68. The largest absolute Gasteiger partial charge is 0.481 e. The molecule has 0 bridgehead atoms.